The van der Waals surface area contributed by atoms with Crippen molar-refractivity contribution in [2.45, 2.75) is 6.04 Å². The summed E-state index contributed by atoms with van der Waals surface area (Å²) in [4.78, 5) is 14.7. The van der Waals surface area contributed by atoms with Gasteiger partial charge in [0.25, 0.3) is 5.96 Å². The van der Waals surface area contributed by atoms with Crippen LogP contribution in [0.3, 0.4) is 0 Å². The summed E-state index contributed by atoms with van der Waals surface area (Å²) in [5.74, 6) is -0.166. The predicted molar refractivity (Wildman–Crippen MR) is 74.9 cm³/mol. The quantitative estimate of drug-likeness (QED) is 0.449. The van der Waals surface area contributed by atoms with Crippen LogP contribution in [0.5, 0.6) is 0 Å². The zero-order chi connectivity index (χ0) is 14.4. The van der Waals surface area contributed by atoms with E-state index in [4.69, 9.17) is 10.9 Å². The molecule has 2 aromatic carbocycles. The maximum atomic E-state index is 10.5. The molecule has 102 valence electrons. The highest BCUT2D eigenvalue weighted by atomic mass is 16.7. The molecule has 6 heteroatoms. The summed E-state index contributed by atoms with van der Waals surface area (Å²) in [6, 6.07) is 18.7. The van der Waals surface area contributed by atoms with Crippen molar-refractivity contribution >= 4 is 5.96 Å². The van der Waals surface area contributed by atoms with Gasteiger partial charge in [-0.15, -0.1) is 0 Å². The van der Waals surface area contributed by atoms with Crippen LogP contribution in [-0.2, 0) is 0 Å². The van der Waals surface area contributed by atoms with Gasteiger partial charge < -0.3 is 5.73 Å². The molecule has 0 radical (unpaired) electrons. The van der Waals surface area contributed by atoms with Crippen molar-refractivity contribution in [2.24, 2.45) is 10.7 Å². The summed E-state index contributed by atoms with van der Waals surface area (Å²) in [7, 11) is 0. The van der Waals surface area contributed by atoms with Crippen molar-refractivity contribution in [3.05, 3.63) is 76.7 Å². The number of hydrazine groups is 1. The lowest BCUT2D eigenvalue weighted by Crippen LogP contribution is -2.37. The molecule has 0 heterocycles. The van der Waals surface area contributed by atoms with E-state index in [1.165, 1.54) is 0 Å². The Hall–Kier alpha value is -2.89. The zero-order valence-electron chi connectivity index (χ0n) is 10.7. The molecular weight excluding hydrogens is 256 g/mol. The number of nitrogens with two attached hydrogens (primary N) is 1. The molecule has 0 saturated heterocycles. The second-order valence-electron chi connectivity index (χ2n) is 4.12. The molecule has 20 heavy (non-hydrogen) atoms. The Labute approximate surface area is 116 Å². The number of aliphatic imine (C=N–C) groups is 1. The maximum absolute atomic E-state index is 10.5. The van der Waals surface area contributed by atoms with Crippen molar-refractivity contribution in [1.29, 1.82) is 0 Å². The van der Waals surface area contributed by atoms with E-state index < -0.39 is 5.03 Å². The summed E-state index contributed by atoms with van der Waals surface area (Å²) < 4.78 is 0. The highest BCUT2D eigenvalue weighted by Crippen LogP contribution is 2.25. The van der Waals surface area contributed by atoms with E-state index in [2.05, 4.69) is 4.99 Å². The van der Waals surface area contributed by atoms with E-state index in [1.807, 2.05) is 66.1 Å². The predicted octanol–water partition coefficient (Wildman–Crippen LogP) is 1.76. The number of hydrogen-bond acceptors (Lipinski definition) is 2. The number of benzene rings is 2. The first-order valence-corrected chi connectivity index (χ1v) is 6.03. The molecular formula is C14H15N4O2+. The summed E-state index contributed by atoms with van der Waals surface area (Å²) >= 11 is 0. The first-order chi connectivity index (χ1) is 9.66. The molecule has 0 aromatic heterocycles. The first kappa shape index (κ1) is 13.5. The van der Waals surface area contributed by atoms with Gasteiger partial charge in [0.15, 0.2) is 0 Å². The fourth-order valence-electron chi connectivity index (χ4n) is 1.88. The van der Waals surface area contributed by atoms with Crippen LogP contribution in [0.1, 0.15) is 17.2 Å². The monoisotopic (exact) mass is 271 g/mol. The Balaban J connectivity index is 2.38. The molecule has 0 aliphatic carbocycles. The van der Waals surface area contributed by atoms with E-state index in [-0.39, 0.29) is 12.0 Å². The zero-order valence-corrected chi connectivity index (χ0v) is 10.7. The molecule has 0 saturated carbocycles. The van der Waals surface area contributed by atoms with Gasteiger partial charge >= 0.3 is 5.03 Å². The maximum Gasteiger partial charge on any atom is 0.362 e. The minimum atomic E-state index is -0.480. The van der Waals surface area contributed by atoms with Gasteiger partial charge in [0.05, 0.1) is 0 Å². The van der Waals surface area contributed by atoms with Crippen molar-refractivity contribution in [1.82, 2.24) is 5.43 Å². The molecule has 2 rings (SSSR count). The molecule has 0 amide bonds. The minimum absolute atomic E-state index is 0.166. The fraction of sp³-hybridized carbons (Fsp3) is 0.0714. The highest BCUT2D eigenvalue weighted by molar-refractivity contribution is 5.77. The van der Waals surface area contributed by atoms with Crippen LogP contribution < -0.4 is 11.2 Å². The smallest absolute Gasteiger partial charge is 0.362 e. The lowest BCUT2D eigenvalue weighted by Gasteiger charge is -2.13. The van der Waals surface area contributed by atoms with Gasteiger partial charge in [0.2, 0.25) is 0 Å². The highest BCUT2D eigenvalue weighted by Gasteiger charge is 2.15. The third kappa shape index (κ3) is 3.55. The van der Waals surface area contributed by atoms with Crippen LogP contribution in [0.25, 0.3) is 0 Å². The van der Waals surface area contributed by atoms with Gasteiger partial charge in [-0.2, -0.15) is 0 Å². The van der Waals surface area contributed by atoms with Gasteiger partial charge in [0, 0.05) is 0 Å². The summed E-state index contributed by atoms with van der Waals surface area (Å²) in [5, 5.41) is 8.10. The fourth-order valence-corrected chi connectivity index (χ4v) is 1.88. The third-order valence-corrected chi connectivity index (χ3v) is 2.71. The Morgan fingerprint density at radius 1 is 1.05 bits per heavy atom. The normalized spacial score (nSPS) is 11.3. The van der Waals surface area contributed by atoms with Gasteiger partial charge in [-0.25, -0.2) is 10.2 Å². The van der Waals surface area contributed by atoms with Crippen molar-refractivity contribution in [2.75, 3.05) is 0 Å². The van der Waals surface area contributed by atoms with E-state index in [9.17, 15) is 4.91 Å². The average Bonchev–Trinajstić information content (AvgIpc) is 2.46. The summed E-state index contributed by atoms with van der Waals surface area (Å²) in [6.45, 7) is 0. The van der Waals surface area contributed by atoms with E-state index in [0.29, 0.717) is 0 Å². The molecule has 0 atom stereocenters. The molecule has 0 unspecified atom stereocenters. The molecule has 6 nitrogen and oxygen atoms in total. The number of nitrogens with zero attached hydrogens (tertiary/aromatic N) is 2. The van der Waals surface area contributed by atoms with Gasteiger partial charge in [-0.3, -0.25) is 0 Å². The largest absolute Gasteiger partial charge is 0.365 e. The van der Waals surface area contributed by atoms with Crippen LogP contribution >= 0.6 is 0 Å². The Morgan fingerprint density at radius 3 is 1.90 bits per heavy atom. The minimum Gasteiger partial charge on any atom is -0.365 e. The van der Waals surface area contributed by atoms with Crippen molar-refractivity contribution < 1.29 is 10.2 Å². The molecule has 4 N–H and O–H groups in total. The molecule has 0 aliphatic heterocycles. The van der Waals surface area contributed by atoms with Crippen molar-refractivity contribution in [3.63, 3.8) is 0 Å². The van der Waals surface area contributed by atoms with Gasteiger partial charge in [-0.05, 0) is 16.6 Å². The van der Waals surface area contributed by atoms with E-state index in [0.717, 1.165) is 11.1 Å². The van der Waals surface area contributed by atoms with Crippen LogP contribution in [0.4, 0.5) is 0 Å². The standard InChI is InChI=1S/C14H15N4O2/c15-14(17-18(19)20)16-13(11-7-3-1-4-8-11)12-9-5-2-6-10-12/h1-10,13H,(H,19,20)(H3,15,16,17)/q+1. The number of hydrogen-bond donors (Lipinski definition) is 3. The Morgan fingerprint density at radius 2 is 1.50 bits per heavy atom. The van der Waals surface area contributed by atoms with Gasteiger partial charge in [-0.1, -0.05) is 60.7 Å². The number of rotatable bonds is 4. The van der Waals surface area contributed by atoms with Crippen molar-refractivity contribution in [3.8, 4) is 0 Å². The second-order valence-corrected chi connectivity index (χ2v) is 4.12. The van der Waals surface area contributed by atoms with Crippen LogP contribution in [0, 0.1) is 4.91 Å². The summed E-state index contributed by atoms with van der Waals surface area (Å²) in [6.07, 6.45) is 0. The molecule has 0 fully saturated rings. The second kappa shape index (κ2) is 6.33. The Bertz CT molecular complexity index is 560. The van der Waals surface area contributed by atoms with Crippen LogP contribution in [0.2, 0.25) is 0 Å². The molecule has 2 aromatic rings. The van der Waals surface area contributed by atoms with Crippen LogP contribution in [0.15, 0.2) is 65.7 Å². The van der Waals surface area contributed by atoms with E-state index >= 15 is 0 Å². The van der Waals surface area contributed by atoms with Crippen LogP contribution in [-0.4, -0.2) is 16.2 Å². The third-order valence-electron chi connectivity index (χ3n) is 2.71. The SMILES string of the molecule is NC(=NC(c1ccccc1)c1ccccc1)N[N+](=O)O. The molecule has 0 spiro atoms. The molecule has 0 aliphatic rings. The number of guanidine groups is 1. The molecule has 0 bridgehead atoms. The van der Waals surface area contributed by atoms with Gasteiger partial charge in [0.1, 0.15) is 10.9 Å². The topological polar surface area (TPSA) is 90.7 Å². The van der Waals surface area contributed by atoms with E-state index in [1.54, 1.807) is 0 Å². The average molecular weight is 271 g/mol. The first-order valence-electron chi connectivity index (χ1n) is 6.03. The lowest BCUT2D eigenvalue weighted by atomic mass is 9.99. The summed E-state index contributed by atoms with van der Waals surface area (Å²) in [5.41, 5.74) is 9.42. The Kier molecular flexibility index (Phi) is 4.28. The lowest BCUT2D eigenvalue weighted by molar-refractivity contribution is -0.822. The number of nitrogens with one attached hydrogen (secondary N) is 1.